The maximum absolute atomic E-state index is 12.9. The van der Waals surface area contributed by atoms with E-state index in [1.165, 1.54) is 0 Å². The van der Waals surface area contributed by atoms with Crippen LogP contribution in [0, 0.1) is 6.92 Å². The van der Waals surface area contributed by atoms with Crippen molar-refractivity contribution in [1.82, 2.24) is 9.80 Å². The summed E-state index contributed by atoms with van der Waals surface area (Å²) in [5.74, 6) is -0.265. The summed E-state index contributed by atoms with van der Waals surface area (Å²) in [6, 6.07) is 7.61. The maximum Gasteiger partial charge on any atom is 0.307 e. The van der Waals surface area contributed by atoms with Crippen molar-refractivity contribution in [2.45, 2.75) is 47.0 Å². The molecule has 0 fully saturated rings. The zero-order chi connectivity index (χ0) is 19.4. The Bertz CT molecular complexity index is 556. The van der Waals surface area contributed by atoms with E-state index in [0.29, 0.717) is 25.3 Å². The molecule has 0 radical (unpaired) electrons. The maximum atomic E-state index is 12.9. The van der Waals surface area contributed by atoms with Crippen molar-refractivity contribution in [3.8, 4) is 0 Å². The highest BCUT2D eigenvalue weighted by Gasteiger charge is 2.17. The molecule has 0 N–H and O–H groups in total. The van der Waals surface area contributed by atoms with Crippen LogP contribution < -0.4 is 0 Å². The summed E-state index contributed by atoms with van der Waals surface area (Å²) in [6.45, 7) is 12.7. The Morgan fingerprint density at radius 1 is 1.00 bits per heavy atom. The number of hydrogen-bond acceptors (Lipinski definition) is 4. The van der Waals surface area contributed by atoms with Crippen LogP contribution in [-0.2, 0) is 9.53 Å². The fraction of sp³-hybridized carbons (Fsp3) is 0.619. The monoisotopic (exact) mass is 362 g/mol. The molecule has 0 atom stereocenters. The lowest BCUT2D eigenvalue weighted by Crippen LogP contribution is -2.34. The van der Waals surface area contributed by atoms with Crippen molar-refractivity contribution in [1.29, 1.82) is 0 Å². The lowest BCUT2D eigenvalue weighted by molar-refractivity contribution is -0.143. The van der Waals surface area contributed by atoms with E-state index in [2.05, 4.69) is 18.7 Å². The quantitative estimate of drug-likeness (QED) is 0.422. The van der Waals surface area contributed by atoms with Crippen molar-refractivity contribution < 1.29 is 14.3 Å². The number of unbranched alkanes of at least 4 members (excludes halogenated alkanes) is 1. The molecule has 0 saturated carbocycles. The number of benzene rings is 1. The molecule has 0 heterocycles. The van der Waals surface area contributed by atoms with E-state index in [1.54, 1.807) is 11.8 Å². The molecule has 146 valence electrons. The van der Waals surface area contributed by atoms with E-state index in [4.69, 9.17) is 4.74 Å². The molecule has 1 aromatic rings. The van der Waals surface area contributed by atoms with E-state index in [-0.39, 0.29) is 18.3 Å². The van der Waals surface area contributed by atoms with Crippen LogP contribution in [0.4, 0.5) is 0 Å². The van der Waals surface area contributed by atoms with Gasteiger partial charge in [0.1, 0.15) is 0 Å². The standard InChI is InChI=1S/C21H34N2O3/c1-5-22(6-2)14-8-9-15-23(16-13-20(24)26-7-3)21(25)19-12-10-11-18(4)17-19/h10-12,17H,5-9,13-16H2,1-4H3. The largest absolute Gasteiger partial charge is 0.466 e. The first kappa shape index (κ1) is 22.2. The highest BCUT2D eigenvalue weighted by molar-refractivity contribution is 5.94. The Balaban J connectivity index is 2.65. The molecule has 26 heavy (non-hydrogen) atoms. The molecule has 0 spiro atoms. The summed E-state index contributed by atoms with van der Waals surface area (Å²) in [6.07, 6.45) is 2.21. The smallest absolute Gasteiger partial charge is 0.307 e. The van der Waals surface area contributed by atoms with Crippen molar-refractivity contribution in [3.05, 3.63) is 35.4 Å². The second-order valence-corrected chi connectivity index (χ2v) is 6.45. The first-order valence-corrected chi connectivity index (χ1v) is 9.75. The minimum atomic E-state index is -0.252. The van der Waals surface area contributed by atoms with Crippen LogP contribution in [0.1, 0.15) is 56.0 Å². The molecular formula is C21H34N2O3. The summed E-state index contributed by atoms with van der Waals surface area (Å²) < 4.78 is 5.00. The molecular weight excluding hydrogens is 328 g/mol. The highest BCUT2D eigenvalue weighted by atomic mass is 16.5. The topological polar surface area (TPSA) is 49.9 Å². The zero-order valence-corrected chi connectivity index (χ0v) is 16.8. The lowest BCUT2D eigenvalue weighted by Gasteiger charge is -2.24. The van der Waals surface area contributed by atoms with Gasteiger partial charge in [0.2, 0.25) is 0 Å². The van der Waals surface area contributed by atoms with Crippen LogP contribution in [0.2, 0.25) is 0 Å². The minimum absolute atomic E-state index is 0.0131. The summed E-state index contributed by atoms with van der Waals surface area (Å²) in [7, 11) is 0. The lowest BCUT2D eigenvalue weighted by atomic mass is 10.1. The molecule has 1 amide bonds. The van der Waals surface area contributed by atoms with E-state index in [0.717, 1.165) is 38.0 Å². The Hall–Kier alpha value is -1.88. The number of hydrogen-bond donors (Lipinski definition) is 0. The average molecular weight is 363 g/mol. The van der Waals surface area contributed by atoms with Crippen molar-refractivity contribution in [3.63, 3.8) is 0 Å². The molecule has 0 bridgehead atoms. The van der Waals surface area contributed by atoms with Crippen LogP contribution in [-0.4, -0.2) is 61.0 Å². The third kappa shape index (κ3) is 8.00. The molecule has 1 rings (SSSR count). The van der Waals surface area contributed by atoms with Gasteiger partial charge >= 0.3 is 5.97 Å². The van der Waals surface area contributed by atoms with Gasteiger partial charge in [0, 0.05) is 18.7 Å². The normalized spacial score (nSPS) is 10.8. The second-order valence-electron chi connectivity index (χ2n) is 6.45. The van der Waals surface area contributed by atoms with E-state index in [9.17, 15) is 9.59 Å². The predicted octanol–water partition coefficient (Wildman–Crippen LogP) is 3.51. The second kappa shape index (κ2) is 12.5. The summed E-state index contributed by atoms with van der Waals surface area (Å²) in [5.41, 5.74) is 1.74. The van der Waals surface area contributed by atoms with Gasteiger partial charge in [0.05, 0.1) is 13.0 Å². The first-order valence-electron chi connectivity index (χ1n) is 9.75. The summed E-state index contributed by atoms with van der Waals surface area (Å²) in [4.78, 5) is 28.7. The molecule has 0 unspecified atom stereocenters. The van der Waals surface area contributed by atoms with Gasteiger partial charge in [-0.3, -0.25) is 9.59 Å². The van der Waals surface area contributed by atoms with Crippen molar-refractivity contribution in [2.24, 2.45) is 0 Å². The third-order valence-corrected chi connectivity index (χ3v) is 4.49. The molecule has 0 aliphatic heterocycles. The van der Waals surface area contributed by atoms with Crippen LogP contribution in [0.25, 0.3) is 0 Å². The molecule has 5 nitrogen and oxygen atoms in total. The van der Waals surface area contributed by atoms with E-state index in [1.807, 2.05) is 31.2 Å². The Labute approximate surface area is 158 Å². The van der Waals surface area contributed by atoms with Gasteiger partial charge in [0.15, 0.2) is 0 Å². The molecule has 0 saturated heterocycles. The van der Waals surface area contributed by atoms with Gasteiger partial charge in [-0.25, -0.2) is 0 Å². The molecule has 5 heteroatoms. The number of aryl methyl sites for hydroxylation is 1. The van der Waals surface area contributed by atoms with Gasteiger partial charge in [0.25, 0.3) is 5.91 Å². The number of amides is 1. The number of ether oxygens (including phenoxy) is 1. The number of rotatable bonds is 12. The number of carbonyl (C=O) groups excluding carboxylic acids is 2. The van der Waals surface area contributed by atoms with Gasteiger partial charge in [-0.05, 0) is 58.5 Å². The van der Waals surface area contributed by atoms with Gasteiger partial charge < -0.3 is 14.5 Å². The Morgan fingerprint density at radius 3 is 2.31 bits per heavy atom. The number of nitrogens with zero attached hydrogens (tertiary/aromatic N) is 2. The van der Waals surface area contributed by atoms with Gasteiger partial charge in [-0.1, -0.05) is 31.5 Å². The fourth-order valence-corrected chi connectivity index (χ4v) is 2.91. The Kier molecular flexibility index (Phi) is 10.6. The van der Waals surface area contributed by atoms with Crippen LogP contribution in [0.15, 0.2) is 24.3 Å². The van der Waals surface area contributed by atoms with Crippen molar-refractivity contribution in [2.75, 3.05) is 39.3 Å². The Morgan fingerprint density at radius 2 is 1.69 bits per heavy atom. The first-order chi connectivity index (χ1) is 12.5. The molecule has 1 aromatic carbocycles. The fourth-order valence-electron chi connectivity index (χ4n) is 2.91. The van der Waals surface area contributed by atoms with E-state index < -0.39 is 0 Å². The molecule has 0 aromatic heterocycles. The molecule has 0 aliphatic carbocycles. The predicted molar refractivity (Wildman–Crippen MR) is 105 cm³/mol. The number of esters is 1. The SMILES string of the molecule is CCOC(=O)CCN(CCCCN(CC)CC)C(=O)c1cccc(C)c1. The minimum Gasteiger partial charge on any atom is -0.466 e. The van der Waals surface area contributed by atoms with Crippen molar-refractivity contribution >= 4 is 11.9 Å². The summed E-state index contributed by atoms with van der Waals surface area (Å²) >= 11 is 0. The highest BCUT2D eigenvalue weighted by Crippen LogP contribution is 2.10. The van der Waals surface area contributed by atoms with Gasteiger partial charge in [-0.15, -0.1) is 0 Å². The van der Waals surface area contributed by atoms with Crippen LogP contribution in [0.3, 0.4) is 0 Å². The van der Waals surface area contributed by atoms with E-state index >= 15 is 0 Å². The number of carbonyl (C=O) groups is 2. The van der Waals surface area contributed by atoms with Crippen LogP contribution >= 0.6 is 0 Å². The van der Waals surface area contributed by atoms with Crippen LogP contribution in [0.5, 0.6) is 0 Å². The third-order valence-electron chi connectivity index (χ3n) is 4.49. The summed E-state index contributed by atoms with van der Waals surface area (Å²) in [5, 5.41) is 0. The zero-order valence-electron chi connectivity index (χ0n) is 16.8. The average Bonchev–Trinajstić information content (AvgIpc) is 2.64. The van der Waals surface area contributed by atoms with Gasteiger partial charge in [-0.2, -0.15) is 0 Å². The molecule has 0 aliphatic rings.